The van der Waals surface area contributed by atoms with Gasteiger partial charge in [0, 0.05) is 12.2 Å². The van der Waals surface area contributed by atoms with Crippen LogP contribution in [0.25, 0.3) is 0 Å². The maximum Gasteiger partial charge on any atom is 0.0529 e. The Kier molecular flexibility index (Phi) is 3.43. The Morgan fingerprint density at radius 2 is 1.82 bits per heavy atom. The summed E-state index contributed by atoms with van der Waals surface area (Å²) in [5.41, 5.74) is 6.08. The van der Waals surface area contributed by atoms with Crippen molar-refractivity contribution in [2.45, 2.75) is 27.3 Å². The maximum atomic E-state index is 4.26. The Hall–Kier alpha value is -1.83. The lowest BCUT2D eigenvalue weighted by atomic mass is 10.1. The molecule has 1 heterocycles. The number of aryl methyl sites for hydroxylation is 3. The Bertz CT molecular complexity index is 501. The fraction of sp³-hybridized carbons (Fsp3) is 0.267. The summed E-state index contributed by atoms with van der Waals surface area (Å²) in [4.78, 5) is 4.26. The fourth-order valence-electron chi connectivity index (χ4n) is 1.69. The summed E-state index contributed by atoms with van der Waals surface area (Å²) in [6.45, 7) is 7.11. The highest BCUT2D eigenvalue weighted by Gasteiger charge is 1.97. The molecule has 17 heavy (non-hydrogen) atoms. The molecule has 2 rings (SSSR count). The average Bonchev–Trinajstić information content (AvgIpc) is 2.33. The molecule has 1 aromatic carbocycles. The van der Waals surface area contributed by atoms with Gasteiger partial charge in [-0.15, -0.1) is 0 Å². The van der Waals surface area contributed by atoms with Gasteiger partial charge in [0.15, 0.2) is 0 Å². The predicted octanol–water partition coefficient (Wildman–Crippen LogP) is 3.62. The lowest BCUT2D eigenvalue weighted by molar-refractivity contribution is 1.11. The minimum absolute atomic E-state index is 0.839. The highest BCUT2D eigenvalue weighted by molar-refractivity contribution is 5.42. The molecule has 0 atom stereocenters. The summed E-state index contributed by atoms with van der Waals surface area (Å²) in [6.07, 6.45) is 1.87. The third-order valence-corrected chi connectivity index (χ3v) is 2.98. The third-order valence-electron chi connectivity index (χ3n) is 2.98. The van der Waals surface area contributed by atoms with Crippen molar-refractivity contribution in [3.63, 3.8) is 0 Å². The first-order valence-electron chi connectivity index (χ1n) is 5.88. The van der Waals surface area contributed by atoms with E-state index in [-0.39, 0.29) is 0 Å². The molecule has 0 saturated carbocycles. The van der Waals surface area contributed by atoms with Gasteiger partial charge in [-0.2, -0.15) is 0 Å². The molecule has 0 amide bonds. The molecule has 0 aliphatic rings. The Labute approximate surface area is 103 Å². The van der Waals surface area contributed by atoms with E-state index in [1.54, 1.807) is 0 Å². The number of hydrogen-bond donors (Lipinski definition) is 1. The van der Waals surface area contributed by atoms with E-state index in [1.165, 1.54) is 16.7 Å². The van der Waals surface area contributed by atoms with Crippen LogP contribution in [-0.4, -0.2) is 4.98 Å². The summed E-state index contributed by atoms with van der Waals surface area (Å²) in [5.74, 6) is 0. The number of nitrogens with zero attached hydrogens (tertiary/aromatic N) is 1. The summed E-state index contributed by atoms with van der Waals surface area (Å²) in [5, 5.41) is 3.37. The highest BCUT2D eigenvalue weighted by Crippen LogP contribution is 2.12. The highest BCUT2D eigenvalue weighted by atomic mass is 14.9. The number of nitrogens with one attached hydrogen (secondary N) is 1. The summed E-state index contributed by atoms with van der Waals surface area (Å²) >= 11 is 0. The molecule has 88 valence electrons. The third kappa shape index (κ3) is 3.06. The van der Waals surface area contributed by atoms with Crippen molar-refractivity contribution >= 4 is 5.69 Å². The zero-order valence-corrected chi connectivity index (χ0v) is 10.6. The van der Waals surface area contributed by atoms with Crippen molar-refractivity contribution in [3.8, 4) is 0 Å². The molecule has 0 saturated heterocycles. The van der Waals surface area contributed by atoms with Gasteiger partial charge in [0.05, 0.1) is 11.9 Å². The number of hydrogen-bond acceptors (Lipinski definition) is 2. The smallest absolute Gasteiger partial charge is 0.0529 e. The van der Waals surface area contributed by atoms with Crippen LogP contribution in [0.15, 0.2) is 36.5 Å². The van der Waals surface area contributed by atoms with E-state index in [0.29, 0.717) is 0 Å². The van der Waals surface area contributed by atoms with Crippen LogP contribution in [0, 0.1) is 20.8 Å². The average molecular weight is 226 g/mol. The molecule has 2 nitrogen and oxygen atoms in total. The molecule has 0 radical (unpaired) electrons. The molecule has 0 unspecified atom stereocenters. The van der Waals surface area contributed by atoms with Gasteiger partial charge in [-0.1, -0.05) is 18.2 Å². The van der Waals surface area contributed by atoms with Gasteiger partial charge in [-0.3, -0.25) is 4.98 Å². The topological polar surface area (TPSA) is 24.9 Å². The van der Waals surface area contributed by atoms with Crippen LogP contribution in [-0.2, 0) is 6.54 Å². The quantitative estimate of drug-likeness (QED) is 0.864. The molecular formula is C15H18N2. The summed E-state index contributed by atoms with van der Waals surface area (Å²) in [7, 11) is 0. The molecule has 0 spiro atoms. The molecule has 1 aromatic heterocycles. The van der Waals surface area contributed by atoms with E-state index in [2.05, 4.69) is 48.4 Å². The number of rotatable bonds is 3. The molecular weight excluding hydrogens is 208 g/mol. The van der Waals surface area contributed by atoms with Crippen molar-refractivity contribution in [2.24, 2.45) is 0 Å². The van der Waals surface area contributed by atoms with Crippen molar-refractivity contribution in [3.05, 3.63) is 58.9 Å². The van der Waals surface area contributed by atoms with Gasteiger partial charge < -0.3 is 5.32 Å². The molecule has 0 aliphatic heterocycles. The second-order valence-corrected chi connectivity index (χ2v) is 4.46. The molecule has 2 aromatic rings. The Balaban J connectivity index is 2.02. The second kappa shape index (κ2) is 5.00. The first-order valence-corrected chi connectivity index (χ1v) is 5.88. The van der Waals surface area contributed by atoms with Gasteiger partial charge in [0.2, 0.25) is 0 Å². The number of pyridine rings is 1. The number of aromatic nitrogens is 1. The summed E-state index contributed by atoms with van der Waals surface area (Å²) in [6, 6.07) is 10.6. The van der Waals surface area contributed by atoms with Gasteiger partial charge in [0.1, 0.15) is 0 Å². The van der Waals surface area contributed by atoms with Gasteiger partial charge >= 0.3 is 0 Å². The van der Waals surface area contributed by atoms with E-state index in [0.717, 1.165) is 17.9 Å². The standard InChI is InChI=1S/C15H18N2/c1-11-4-6-14(8-12(11)2)9-17-15-7-5-13(3)16-10-15/h4-8,10,17H,9H2,1-3H3. The molecule has 0 fully saturated rings. The van der Waals surface area contributed by atoms with E-state index in [1.807, 2.05) is 19.2 Å². The first kappa shape index (κ1) is 11.6. The van der Waals surface area contributed by atoms with Crippen LogP contribution in [0.2, 0.25) is 0 Å². The zero-order valence-electron chi connectivity index (χ0n) is 10.6. The normalized spacial score (nSPS) is 10.3. The number of benzene rings is 1. The first-order chi connectivity index (χ1) is 8.15. The van der Waals surface area contributed by atoms with Crippen LogP contribution < -0.4 is 5.32 Å². The minimum atomic E-state index is 0.839. The minimum Gasteiger partial charge on any atom is -0.380 e. The van der Waals surface area contributed by atoms with E-state index < -0.39 is 0 Å². The zero-order chi connectivity index (χ0) is 12.3. The molecule has 0 aliphatic carbocycles. The fourth-order valence-corrected chi connectivity index (χ4v) is 1.69. The van der Waals surface area contributed by atoms with Gasteiger partial charge in [0.25, 0.3) is 0 Å². The SMILES string of the molecule is Cc1ccc(NCc2ccc(C)c(C)c2)cn1. The predicted molar refractivity (Wildman–Crippen MR) is 72.2 cm³/mol. The molecule has 0 bridgehead atoms. The lowest BCUT2D eigenvalue weighted by Gasteiger charge is -2.08. The van der Waals surface area contributed by atoms with Crippen molar-refractivity contribution < 1.29 is 0 Å². The van der Waals surface area contributed by atoms with Crippen LogP contribution >= 0.6 is 0 Å². The van der Waals surface area contributed by atoms with Crippen molar-refractivity contribution in [1.29, 1.82) is 0 Å². The van der Waals surface area contributed by atoms with E-state index in [9.17, 15) is 0 Å². The Morgan fingerprint density at radius 1 is 1.00 bits per heavy atom. The maximum absolute atomic E-state index is 4.26. The van der Waals surface area contributed by atoms with Crippen LogP contribution in [0.4, 0.5) is 5.69 Å². The van der Waals surface area contributed by atoms with Crippen LogP contribution in [0.3, 0.4) is 0 Å². The summed E-state index contributed by atoms with van der Waals surface area (Å²) < 4.78 is 0. The van der Waals surface area contributed by atoms with E-state index >= 15 is 0 Å². The monoisotopic (exact) mass is 226 g/mol. The van der Waals surface area contributed by atoms with Crippen LogP contribution in [0.5, 0.6) is 0 Å². The van der Waals surface area contributed by atoms with Crippen molar-refractivity contribution in [2.75, 3.05) is 5.32 Å². The van der Waals surface area contributed by atoms with Gasteiger partial charge in [-0.25, -0.2) is 0 Å². The second-order valence-electron chi connectivity index (χ2n) is 4.46. The van der Waals surface area contributed by atoms with Crippen molar-refractivity contribution in [1.82, 2.24) is 4.98 Å². The lowest BCUT2D eigenvalue weighted by Crippen LogP contribution is -2.00. The molecule has 2 heteroatoms. The van der Waals surface area contributed by atoms with Crippen LogP contribution in [0.1, 0.15) is 22.4 Å². The largest absolute Gasteiger partial charge is 0.380 e. The molecule has 1 N–H and O–H groups in total. The Morgan fingerprint density at radius 3 is 2.47 bits per heavy atom. The van der Waals surface area contributed by atoms with Gasteiger partial charge in [-0.05, 0) is 49.6 Å². The number of anilines is 1. The van der Waals surface area contributed by atoms with E-state index in [4.69, 9.17) is 0 Å².